The molecule has 37 heavy (non-hydrogen) atoms. The second-order valence-electron chi connectivity index (χ2n) is 9.04. The normalized spacial score (nSPS) is 11.7. The number of allylic oxidation sites excluding steroid dienone is 3. The molecule has 0 aliphatic carbocycles. The first kappa shape index (κ1) is 33.6. The van der Waals surface area contributed by atoms with E-state index in [2.05, 4.69) is 83.1 Å². The maximum Gasteiger partial charge on any atom is 0.246 e. The molecule has 0 aliphatic rings. The molecule has 0 spiro atoms. The molecule has 2 aromatic carbocycles. The minimum atomic E-state index is 0.0474. The minimum Gasteiger partial charge on any atom is -0.496 e. The van der Waals surface area contributed by atoms with Gasteiger partial charge in [0.2, 0.25) is 5.91 Å². The maximum absolute atomic E-state index is 11.3. The van der Waals surface area contributed by atoms with Crippen LogP contribution in [0.15, 0.2) is 78.8 Å². The van der Waals surface area contributed by atoms with Gasteiger partial charge in [-0.15, -0.1) is 0 Å². The average Bonchev–Trinajstić information content (AvgIpc) is 2.91. The Kier molecular flexibility index (Phi) is 17.1. The summed E-state index contributed by atoms with van der Waals surface area (Å²) in [7, 11) is 3.50. The van der Waals surface area contributed by atoms with Gasteiger partial charge in [-0.3, -0.25) is 9.79 Å². The van der Waals surface area contributed by atoms with Gasteiger partial charge >= 0.3 is 0 Å². The van der Waals surface area contributed by atoms with Crippen LogP contribution in [-0.4, -0.2) is 43.3 Å². The Hall–Kier alpha value is -3.40. The Bertz CT molecular complexity index is 1040. The quantitative estimate of drug-likeness (QED) is 0.254. The van der Waals surface area contributed by atoms with Crippen LogP contribution in [0.3, 0.4) is 0 Å². The summed E-state index contributed by atoms with van der Waals surface area (Å²) in [4.78, 5) is 17.3. The van der Waals surface area contributed by atoms with Crippen molar-refractivity contribution in [1.29, 1.82) is 0 Å². The molecule has 0 saturated heterocycles. The van der Waals surface area contributed by atoms with Gasteiger partial charge in [-0.2, -0.15) is 0 Å². The summed E-state index contributed by atoms with van der Waals surface area (Å²) in [5.74, 6) is 0.962. The molecule has 202 valence electrons. The second-order valence-corrected chi connectivity index (χ2v) is 9.04. The predicted molar refractivity (Wildman–Crippen MR) is 164 cm³/mol. The van der Waals surface area contributed by atoms with E-state index in [4.69, 9.17) is 4.74 Å². The number of carbonyl (C=O) groups excluding carboxylic acids is 1. The zero-order valence-electron chi connectivity index (χ0n) is 24.6. The molecular weight excluding hydrogens is 456 g/mol. The second kappa shape index (κ2) is 18.8. The molecule has 1 amide bonds. The number of carbonyl (C=O) groups is 1. The molecule has 0 N–H and O–H groups in total. The number of rotatable bonds is 9. The van der Waals surface area contributed by atoms with Gasteiger partial charge < -0.3 is 9.64 Å². The van der Waals surface area contributed by atoms with E-state index in [0.29, 0.717) is 6.04 Å². The van der Waals surface area contributed by atoms with E-state index in [9.17, 15) is 4.79 Å². The number of nitrogens with zero attached hydrogens (tertiary/aromatic N) is 2. The summed E-state index contributed by atoms with van der Waals surface area (Å²) in [5.41, 5.74) is 6.85. The van der Waals surface area contributed by atoms with Crippen molar-refractivity contribution in [3.8, 4) is 5.75 Å². The lowest BCUT2D eigenvalue weighted by Crippen LogP contribution is -2.37. The van der Waals surface area contributed by atoms with E-state index in [1.807, 2.05) is 43.0 Å². The monoisotopic (exact) mass is 504 g/mol. The van der Waals surface area contributed by atoms with Gasteiger partial charge in [-0.05, 0) is 82.4 Å². The fourth-order valence-electron chi connectivity index (χ4n) is 3.43. The van der Waals surface area contributed by atoms with Gasteiger partial charge in [0.15, 0.2) is 0 Å². The minimum absolute atomic E-state index is 0.0474. The molecule has 0 aromatic heterocycles. The van der Waals surface area contributed by atoms with E-state index in [-0.39, 0.29) is 5.91 Å². The van der Waals surface area contributed by atoms with Crippen molar-refractivity contribution in [1.82, 2.24) is 4.90 Å². The third kappa shape index (κ3) is 12.9. The van der Waals surface area contributed by atoms with Crippen LogP contribution >= 0.6 is 0 Å². The smallest absolute Gasteiger partial charge is 0.246 e. The SMILES string of the molecule is C=C(C)c1ccccc1.C=CC(=O)N(CCC)C(C)CC.CN=C(C)/C=C(\C)c1ccc(C)cc1OC. The van der Waals surface area contributed by atoms with Crippen molar-refractivity contribution in [3.05, 3.63) is 90.5 Å². The lowest BCUT2D eigenvalue weighted by molar-refractivity contribution is -0.128. The largest absolute Gasteiger partial charge is 0.496 e. The Balaban J connectivity index is 0.000000548. The first-order valence-electron chi connectivity index (χ1n) is 13.0. The highest BCUT2D eigenvalue weighted by atomic mass is 16.5. The number of amides is 1. The van der Waals surface area contributed by atoms with Gasteiger partial charge in [0.05, 0.1) is 7.11 Å². The van der Waals surface area contributed by atoms with E-state index in [1.54, 1.807) is 14.2 Å². The number of benzene rings is 2. The summed E-state index contributed by atoms with van der Waals surface area (Å²) in [6, 6.07) is 16.7. The lowest BCUT2D eigenvalue weighted by Gasteiger charge is -2.26. The highest BCUT2D eigenvalue weighted by Crippen LogP contribution is 2.26. The van der Waals surface area contributed by atoms with Crippen LogP contribution in [0.25, 0.3) is 11.1 Å². The van der Waals surface area contributed by atoms with Crippen LogP contribution in [0, 0.1) is 6.92 Å². The molecule has 0 saturated carbocycles. The molecule has 2 aromatic rings. The third-order valence-corrected chi connectivity index (χ3v) is 5.87. The molecule has 0 aliphatic heterocycles. The first-order chi connectivity index (χ1) is 17.6. The maximum atomic E-state index is 11.3. The zero-order valence-corrected chi connectivity index (χ0v) is 24.6. The molecule has 4 nitrogen and oxygen atoms in total. The zero-order chi connectivity index (χ0) is 28.4. The molecule has 1 atom stereocenters. The molecule has 1 unspecified atom stereocenters. The Morgan fingerprint density at radius 3 is 2.16 bits per heavy atom. The van der Waals surface area contributed by atoms with Crippen LogP contribution in [0.2, 0.25) is 0 Å². The summed E-state index contributed by atoms with van der Waals surface area (Å²) >= 11 is 0. The van der Waals surface area contributed by atoms with Gasteiger partial charge in [-0.25, -0.2) is 0 Å². The van der Waals surface area contributed by atoms with Crippen molar-refractivity contribution in [2.24, 2.45) is 4.99 Å². The molecule has 0 fully saturated rings. The van der Waals surface area contributed by atoms with E-state index >= 15 is 0 Å². The molecule has 4 heteroatoms. The van der Waals surface area contributed by atoms with Crippen molar-refractivity contribution in [2.75, 3.05) is 20.7 Å². The number of hydrogen-bond donors (Lipinski definition) is 0. The van der Waals surface area contributed by atoms with Crippen LogP contribution in [0.5, 0.6) is 5.75 Å². The molecule has 0 heterocycles. The molecular formula is C33H48N2O2. The van der Waals surface area contributed by atoms with E-state index < -0.39 is 0 Å². The molecule has 0 bridgehead atoms. The van der Waals surface area contributed by atoms with Crippen molar-refractivity contribution >= 4 is 22.8 Å². The van der Waals surface area contributed by atoms with Crippen LogP contribution in [0.1, 0.15) is 71.1 Å². The van der Waals surface area contributed by atoms with E-state index in [0.717, 1.165) is 42.0 Å². The van der Waals surface area contributed by atoms with Crippen LogP contribution < -0.4 is 4.74 Å². The highest BCUT2D eigenvalue weighted by molar-refractivity contribution is 5.99. The number of ether oxygens (including phenoxy) is 1. The fourth-order valence-corrected chi connectivity index (χ4v) is 3.43. The fraction of sp³-hybridized carbons (Fsp3) is 0.394. The van der Waals surface area contributed by atoms with Crippen molar-refractivity contribution in [3.63, 3.8) is 0 Å². The van der Waals surface area contributed by atoms with Gasteiger partial charge in [0, 0.05) is 30.9 Å². The van der Waals surface area contributed by atoms with Crippen molar-refractivity contribution in [2.45, 2.75) is 67.3 Å². The third-order valence-electron chi connectivity index (χ3n) is 5.87. The van der Waals surface area contributed by atoms with Gasteiger partial charge in [0.1, 0.15) is 5.75 Å². The van der Waals surface area contributed by atoms with E-state index in [1.165, 1.54) is 22.8 Å². The first-order valence-corrected chi connectivity index (χ1v) is 13.0. The Labute approximate surface area is 226 Å². The number of methoxy groups -OCH3 is 1. The summed E-state index contributed by atoms with van der Waals surface area (Å²) < 4.78 is 5.38. The lowest BCUT2D eigenvalue weighted by atomic mass is 10.0. The summed E-state index contributed by atoms with van der Waals surface area (Å²) in [6.07, 6.45) is 5.46. The predicted octanol–water partition coefficient (Wildman–Crippen LogP) is 8.43. The molecule has 0 radical (unpaired) electrons. The summed E-state index contributed by atoms with van der Waals surface area (Å²) in [5, 5.41) is 0. The molecule has 2 rings (SSSR count). The number of aryl methyl sites for hydroxylation is 1. The Morgan fingerprint density at radius 1 is 1.11 bits per heavy atom. The van der Waals surface area contributed by atoms with Gasteiger partial charge in [0.25, 0.3) is 0 Å². The topological polar surface area (TPSA) is 41.9 Å². The van der Waals surface area contributed by atoms with Crippen LogP contribution in [-0.2, 0) is 4.79 Å². The van der Waals surface area contributed by atoms with Crippen LogP contribution in [0.4, 0.5) is 0 Å². The number of aliphatic imine (C=N–C) groups is 1. The number of hydrogen-bond acceptors (Lipinski definition) is 3. The van der Waals surface area contributed by atoms with Gasteiger partial charge in [-0.1, -0.05) is 75.0 Å². The average molecular weight is 505 g/mol. The standard InChI is InChI=1S/C14H19NO.C10H19NO.C9H10/c1-10-6-7-13(14(8-10)16-5)11(2)9-12(3)15-4;1-5-8-11(9(4)6-2)10(12)7-3;1-8(2)9-6-4-3-5-7-9/h6-9H,1-5H3;7,9H,3,5-6,8H2,1-2,4H3;3-7H,1H2,2H3/b11-9+,15-12?;;. The highest BCUT2D eigenvalue weighted by Gasteiger charge is 2.14. The Morgan fingerprint density at radius 2 is 1.73 bits per heavy atom. The summed E-state index contributed by atoms with van der Waals surface area (Å²) in [6.45, 7) is 22.5. The van der Waals surface area contributed by atoms with Crippen molar-refractivity contribution < 1.29 is 9.53 Å².